The van der Waals surface area contributed by atoms with E-state index >= 15 is 0 Å². The van der Waals surface area contributed by atoms with Gasteiger partial charge in [0, 0.05) is 0 Å². The Bertz CT molecular complexity index is 1180. The number of aliphatic hydroxyl groups is 4. The molecule has 0 aliphatic carbocycles. The zero-order valence-electron chi connectivity index (χ0n) is 17.9. The summed E-state index contributed by atoms with van der Waals surface area (Å²) in [5.74, 6) is 0. The first-order valence-electron chi connectivity index (χ1n) is 8.26. The van der Waals surface area contributed by atoms with Crippen LogP contribution in [0.4, 0.5) is 0 Å². The Labute approximate surface area is 218 Å². The van der Waals surface area contributed by atoms with Gasteiger partial charge in [0.2, 0.25) is 5.52 Å². The number of aliphatic hydroxyl groups excluding tert-OH is 3. The van der Waals surface area contributed by atoms with Crippen LogP contribution in [0.5, 0.6) is 0 Å². The van der Waals surface area contributed by atoms with Gasteiger partial charge in [-0.1, -0.05) is 0 Å². The standard InChI is InChI=1S/C16H18N4O6.2ClH.HNO2.2H3N.Pt/c1-6-3-8-9(4-7(6)2)20(5-10(21)12(22)15(24)25)13-11(17-8)14(23)19-16(26)18-13;;;2-1-3;;;/h3-4,10,12,15,21-22,24-25H,5H2,1-2H3,(H,19,23,26);2*1H;(H,2,3);2*1H3;/q;;;;;;+4/p-1. The maximum atomic E-state index is 12.1. The molecule has 0 amide bonds. The van der Waals surface area contributed by atoms with Crippen molar-refractivity contribution in [3.05, 3.63) is 49.0 Å². The zero-order chi connectivity index (χ0) is 21.9. The molecule has 0 fully saturated rings. The van der Waals surface area contributed by atoms with Crippen LogP contribution >= 0.6 is 0 Å². The van der Waals surface area contributed by atoms with E-state index in [1.54, 1.807) is 12.1 Å². The first kappa shape index (κ1) is 39.2. The Morgan fingerprint density at radius 1 is 1.03 bits per heavy atom. The van der Waals surface area contributed by atoms with Gasteiger partial charge in [-0.3, -0.25) is 9.78 Å². The molecule has 0 aliphatic rings. The molecule has 2 atom stereocenters. The average Bonchev–Trinajstić information content (AvgIpc) is 2.63. The molecule has 194 valence electrons. The largest absolute Gasteiger partial charge is 4.00 e. The molecule has 2 aromatic heterocycles. The molecule has 0 radical (unpaired) electrons. The van der Waals surface area contributed by atoms with E-state index in [0.717, 1.165) is 11.1 Å². The summed E-state index contributed by atoms with van der Waals surface area (Å²) in [5, 5.41) is 45.9. The van der Waals surface area contributed by atoms with Crippen molar-refractivity contribution in [1.29, 1.82) is 0 Å². The third-order valence-electron chi connectivity index (χ3n) is 4.35. The minimum Gasteiger partial charge on any atom is -1.00 e. The number of rotatable bonds is 4. The van der Waals surface area contributed by atoms with Crippen molar-refractivity contribution in [3.63, 3.8) is 0 Å². The van der Waals surface area contributed by atoms with Crippen LogP contribution in [0, 0.1) is 18.8 Å². The third kappa shape index (κ3) is 8.61. The second kappa shape index (κ2) is 16.5. The summed E-state index contributed by atoms with van der Waals surface area (Å²) in [6, 6.07) is 3.53. The molecular weight excluding hydrogens is 684 g/mol. The van der Waals surface area contributed by atoms with Gasteiger partial charge in [-0.25, -0.2) is 14.3 Å². The smallest absolute Gasteiger partial charge is 1.00 e. The van der Waals surface area contributed by atoms with Gasteiger partial charge in [-0.15, -0.1) is 4.91 Å². The van der Waals surface area contributed by atoms with Crippen molar-refractivity contribution >= 4 is 22.2 Å². The molecule has 2 unspecified atom stereocenters. The number of aromatic amines is 2. The predicted molar refractivity (Wildman–Crippen MR) is 108 cm³/mol. The molecule has 15 nitrogen and oxygen atoms in total. The van der Waals surface area contributed by atoms with Crippen molar-refractivity contribution in [3.8, 4) is 0 Å². The first-order chi connectivity index (χ1) is 13.6. The van der Waals surface area contributed by atoms with Crippen LogP contribution in [0.3, 0.4) is 0 Å². The maximum absolute atomic E-state index is 12.1. The number of fused-ring (bicyclic) bond motifs is 2. The van der Waals surface area contributed by atoms with E-state index < -0.39 is 29.7 Å². The van der Waals surface area contributed by atoms with E-state index in [9.17, 15) is 19.8 Å². The van der Waals surface area contributed by atoms with Gasteiger partial charge in [0.25, 0.3) is 5.56 Å². The van der Waals surface area contributed by atoms with Gasteiger partial charge in [-0.05, 0) is 37.1 Å². The van der Waals surface area contributed by atoms with E-state index in [-0.39, 0.29) is 75.9 Å². The number of hydrogen-bond acceptors (Lipinski definition) is 11. The molecule has 0 aliphatic heterocycles. The minimum absolute atomic E-state index is 0. The monoisotopic (exact) mass is 709 g/mol. The minimum atomic E-state index is -2.14. The maximum Gasteiger partial charge on any atom is 4.00 e. The summed E-state index contributed by atoms with van der Waals surface area (Å²) in [6.07, 6.45) is -5.55. The van der Waals surface area contributed by atoms with Crippen molar-refractivity contribution in [1.82, 2.24) is 27.3 Å². The number of aromatic nitrogens is 4. The van der Waals surface area contributed by atoms with Crippen LogP contribution in [0.25, 0.3) is 22.2 Å². The fourth-order valence-corrected chi connectivity index (χ4v) is 2.78. The van der Waals surface area contributed by atoms with Crippen molar-refractivity contribution in [2.75, 3.05) is 0 Å². The van der Waals surface area contributed by atoms with Gasteiger partial charge in [0.1, 0.15) is 24.3 Å². The Morgan fingerprint density at radius 2 is 1.53 bits per heavy atom. The third-order valence-corrected chi connectivity index (χ3v) is 4.35. The number of benzene rings is 1. The molecule has 0 bridgehead atoms. The van der Waals surface area contributed by atoms with Gasteiger partial charge >= 0.3 is 32.4 Å². The number of aryl methyl sites for hydroxylation is 2. The second-order valence-corrected chi connectivity index (χ2v) is 6.31. The van der Waals surface area contributed by atoms with Crippen LogP contribution < -0.4 is 52.9 Å². The number of nitrogens with zero attached hydrogens (tertiary/aromatic N) is 3. The number of halogens is 2. The second-order valence-electron chi connectivity index (χ2n) is 6.31. The van der Waals surface area contributed by atoms with Crippen molar-refractivity contribution < 1.29 is 76.1 Å². The van der Waals surface area contributed by atoms with Gasteiger partial charge < -0.3 is 62.7 Å². The van der Waals surface area contributed by atoms with E-state index in [1.165, 1.54) is 9.91 Å². The molecule has 3 rings (SSSR count). The van der Waals surface area contributed by atoms with E-state index in [4.69, 9.17) is 20.3 Å². The van der Waals surface area contributed by atoms with Crippen LogP contribution in [-0.4, -0.2) is 59.1 Å². The molecule has 0 spiro atoms. The quantitative estimate of drug-likeness (QED) is 0.0403. The van der Waals surface area contributed by atoms with Crippen LogP contribution in [0.1, 0.15) is 11.1 Å². The SMILES string of the molecule is Cc1cc2nc3c(=O)[nH]c(=O)[nH]c3[n+](CC(O)C(O)C(O)O)c2cc1C.N.N.O=NO.[Cl-].[Cl-].[Pt+4]. The molecule has 34 heavy (non-hydrogen) atoms. The predicted octanol–water partition coefficient (Wildman–Crippen LogP) is -7.83. The van der Waals surface area contributed by atoms with Gasteiger partial charge in [0.15, 0.2) is 17.1 Å². The Hall–Kier alpha value is -2.07. The molecule has 1 aromatic carbocycles. The molecule has 13 N–H and O–H groups in total. The van der Waals surface area contributed by atoms with Crippen molar-refractivity contribution in [2.24, 2.45) is 5.34 Å². The summed E-state index contributed by atoms with van der Waals surface area (Å²) >= 11 is 0. The van der Waals surface area contributed by atoms with Crippen molar-refractivity contribution in [2.45, 2.75) is 38.9 Å². The summed E-state index contributed by atoms with van der Waals surface area (Å²) in [5.41, 5.74) is 1.35. The number of nitrogens with one attached hydrogen (secondary N) is 2. The Balaban J connectivity index is -0.000000535. The molecule has 2 heterocycles. The molecule has 0 saturated heterocycles. The first-order valence-corrected chi connectivity index (χ1v) is 8.26. The van der Waals surface area contributed by atoms with Gasteiger partial charge in [-0.2, -0.15) is 4.98 Å². The Morgan fingerprint density at radius 3 is 2.03 bits per heavy atom. The fourth-order valence-electron chi connectivity index (χ4n) is 2.78. The number of H-pyrrole nitrogens is 2. The topological polar surface area (TPSA) is 283 Å². The van der Waals surface area contributed by atoms with E-state index in [2.05, 4.69) is 15.0 Å². The van der Waals surface area contributed by atoms with E-state index in [1.807, 2.05) is 13.8 Å². The van der Waals surface area contributed by atoms with Gasteiger partial charge in [0.05, 0.1) is 0 Å². The van der Waals surface area contributed by atoms with Crippen LogP contribution in [-0.2, 0) is 27.6 Å². The zero-order valence-corrected chi connectivity index (χ0v) is 21.7. The summed E-state index contributed by atoms with van der Waals surface area (Å²) in [7, 11) is 0. The molecular formula is C16H26Cl2N7O8Pt+3. The molecule has 0 saturated carbocycles. The summed E-state index contributed by atoms with van der Waals surface area (Å²) < 4.78 is 1.41. The normalized spacial score (nSPS) is 11.3. The van der Waals surface area contributed by atoms with Crippen LogP contribution in [0.2, 0.25) is 0 Å². The summed E-state index contributed by atoms with van der Waals surface area (Å²) in [4.78, 5) is 40.8. The molecule has 18 heteroatoms. The van der Waals surface area contributed by atoms with Crippen LogP contribution in [0.15, 0.2) is 27.1 Å². The molecule has 3 aromatic rings. The number of hydrogen-bond donors (Lipinski definition) is 9. The fraction of sp³-hybridized carbons (Fsp3) is 0.375. The average molecular weight is 710 g/mol. The van der Waals surface area contributed by atoms with E-state index in [0.29, 0.717) is 11.0 Å². The Kier molecular flexibility index (Phi) is 19.0. The summed E-state index contributed by atoms with van der Waals surface area (Å²) in [6.45, 7) is 3.44.